The fraction of sp³-hybridized carbons (Fsp3) is 0.474. The standard InChI is InChI=1S/C19H25N3O2/c1-13(2)24-17-7-6-16(15-5-4-8-21-18(15)17)19(23)14(3)22-11-9-20-10-12-22/h4-8,13-14,20H,9-12H2,1-3H3. The number of nitrogens with one attached hydrogen (secondary N) is 1. The first-order chi connectivity index (χ1) is 11.6. The molecule has 1 unspecified atom stereocenters. The summed E-state index contributed by atoms with van der Waals surface area (Å²) in [6.07, 6.45) is 1.81. The minimum Gasteiger partial charge on any atom is -0.489 e. The SMILES string of the molecule is CC(C)Oc1ccc(C(=O)C(C)N2CCNCC2)c2cccnc12. The maximum absolute atomic E-state index is 13.1. The first-order valence-corrected chi connectivity index (χ1v) is 8.61. The third-order valence-electron chi connectivity index (χ3n) is 4.44. The Balaban J connectivity index is 1.95. The fourth-order valence-corrected chi connectivity index (χ4v) is 3.17. The maximum atomic E-state index is 13.1. The number of rotatable bonds is 5. The Morgan fingerprint density at radius 1 is 1.21 bits per heavy atom. The minimum atomic E-state index is -0.132. The summed E-state index contributed by atoms with van der Waals surface area (Å²) in [4.78, 5) is 19.7. The molecule has 1 saturated heterocycles. The molecule has 1 aliphatic heterocycles. The molecule has 2 aromatic rings. The molecule has 0 aliphatic carbocycles. The topological polar surface area (TPSA) is 54.5 Å². The smallest absolute Gasteiger partial charge is 0.180 e. The lowest BCUT2D eigenvalue weighted by Gasteiger charge is -2.32. The van der Waals surface area contributed by atoms with E-state index in [2.05, 4.69) is 15.2 Å². The van der Waals surface area contributed by atoms with E-state index in [-0.39, 0.29) is 17.9 Å². The molecule has 1 atom stereocenters. The van der Waals surface area contributed by atoms with Crippen LogP contribution in [0.4, 0.5) is 0 Å². The maximum Gasteiger partial charge on any atom is 0.180 e. The zero-order valence-corrected chi connectivity index (χ0v) is 14.6. The Morgan fingerprint density at radius 3 is 2.67 bits per heavy atom. The van der Waals surface area contributed by atoms with Gasteiger partial charge in [0.25, 0.3) is 0 Å². The Bertz CT molecular complexity index is 724. The third-order valence-corrected chi connectivity index (χ3v) is 4.44. The Hall–Kier alpha value is -1.98. The first-order valence-electron chi connectivity index (χ1n) is 8.61. The van der Waals surface area contributed by atoms with Gasteiger partial charge in [-0.1, -0.05) is 6.07 Å². The number of aromatic nitrogens is 1. The molecule has 128 valence electrons. The predicted molar refractivity (Wildman–Crippen MR) is 95.7 cm³/mol. The van der Waals surface area contributed by atoms with Crippen LogP contribution < -0.4 is 10.1 Å². The number of hydrogen-bond acceptors (Lipinski definition) is 5. The van der Waals surface area contributed by atoms with E-state index >= 15 is 0 Å². The highest BCUT2D eigenvalue weighted by Gasteiger charge is 2.25. The molecule has 2 heterocycles. The summed E-state index contributed by atoms with van der Waals surface area (Å²) < 4.78 is 5.85. The fourth-order valence-electron chi connectivity index (χ4n) is 3.17. The Kier molecular flexibility index (Phi) is 5.11. The summed E-state index contributed by atoms with van der Waals surface area (Å²) in [5.74, 6) is 0.873. The molecule has 0 amide bonds. The highest BCUT2D eigenvalue weighted by atomic mass is 16.5. The van der Waals surface area contributed by atoms with Crippen molar-refractivity contribution in [2.24, 2.45) is 0 Å². The zero-order chi connectivity index (χ0) is 17.1. The second-order valence-electron chi connectivity index (χ2n) is 6.50. The molecule has 0 bridgehead atoms. The average molecular weight is 327 g/mol. The van der Waals surface area contributed by atoms with Crippen molar-refractivity contribution in [3.63, 3.8) is 0 Å². The molecule has 1 aromatic heterocycles. The minimum absolute atomic E-state index is 0.0662. The third kappa shape index (κ3) is 3.42. The molecule has 0 radical (unpaired) electrons. The quantitative estimate of drug-likeness (QED) is 0.855. The van der Waals surface area contributed by atoms with E-state index in [1.54, 1.807) is 6.20 Å². The van der Waals surface area contributed by atoms with Gasteiger partial charge in [-0.15, -0.1) is 0 Å². The van der Waals surface area contributed by atoms with Crippen molar-refractivity contribution in [3.05, 3.63) is 36.0 Å². The van der Waals surface area contributed by atoms with Crippen LogP contribution in [0.1, 0.15) is 31.1 Å². The Morgan fingerprint density at radius 2 is 1.96 bits per heavy atom. The van der Waals surface area contributed by atoms with Gasteiger partial charge in [-0.3, -0.25) is 14.7 Å². The van der Waals surface area contributed by atoms with Gasteiger partial charge in [0, 0.05) is 43.3 Å². The molecule has 5 heteroatoms. The van der Waals surface area contributed by atoms with Crippen molar-refractivity contribution < 1.29 is 9.53 Å². The summed E-state index contributed by atoms with van der Waals surface area (Å²) in [6.45, 7) is 9.63. The lowest BCUT2D eigenvalue weighted by atomic mass is 9.98. The van der Waals surface area contributed by atoms with Crippen molar-refractivity contribution in [1.29, 1.82) is 0 Å². The number of fused-ring (bicyclic) bond motifs is 1. The number of Topliss-reactive ketones (excluding diaryl/α,β-unsaturated/α-hetero) is 1. The number of piperazine rings is 1. The molecule has 1 aromatic carbocycles. The van der Waals surface area contributed by atoms with E-state index < -0.39 is 0 Å². The number of ketones is 1. The molecule has 24 heavy (non-hydrogen) atoms. The van der Waals surface area contributed by atoms with Crippen LogP contribution in [-0.4, -0.2) is 54.0 Å². The number of hydrogen-bond donors (Lipinski definition) is 1. The molecule has 1 fully saturated rings. The summed E-state index contributed by atoms with van der Waals surface area (Å²) >= 11 is 0. The normalized spacial score (nSPS) is 17.2. The van der Waals surface area contributed by atoms with Crippen LogP contribution >= 0.6 is 0 Å². The van der Waals surface area contributed by atoms with E-state index in [1.165, 1.54) is 0 Å². The molecule has 1 aliphatic rings. The van der Waals surface area contributed by atoms with Gasteiger partial charge in [-0.05, 0) is 39.0 Å². The van der Waals surface area contributed by atoms with Crippen LogP contribution in [0.3, 0.4) is 0 Å². The van der Waals surface area contributed by atoms with Gasteiger partial charge in [-0.2, -0.15) is 0 Å². The highest BCUT2D eigenvalue weighted by Crippen LogP contribution is 2.28. The van der Waals surface area contributed by atoms with E-state index in [9.17, 15) is 4.79 Å². The molecular formula is C19H25N3O2. The highest BCUT2D eigenvalue weighted by molar-refractivity contribution is 6.10. The van der Waals surface area contributed by atoms with Crippen LogP contribution in [0.15, 0.2) is 30.5 Å². The molecule has 3 rings (SSSR count). The van der Waals surface area contributed by atoms with Crippen molar-refractivity contribution in [2.45, 2.75) is 32.9 Å². The van der Waals surface area contributed by atoms with Gasteiger partial charge < -0.3 is 10.1 Å². The summed E-state index contributed by atoms with van der Waals surface area (Å²) in [6, 6.07) is 7.43. The molecule has 0 spiro atoms. The number of benzene rings is 1. The number of pyridine rings is 1. The number of carbonyl (C=O) groups is 1. The molecule has 1 N–H and O–H groups in total. The zero-order valence-electron chi connectivity index (χ0n) is 14.6. The number of carbonyl (C=O) groups excluding carboxylic acids is 1. The van der Waals surface area contributed by atoms with Crippen LogP contribution in [0.5, 0.6) is 5.75 Å². The number of nitrogens with zero attached hydrogens (tertiary/aromatic N) is 2. The summed E-state index contributed by atoms with van der Waals surface area (Å²) in [7, 11) is 0. The molecular weight excluding hydrogens is 302 g/mol. The van der Waals surface area contributed by atoms with Crippen LogP contribution in [0.25, 0.3) is 10.9 Å². The second-order valence-corrected chi connectivity index (χ2v) is 6.50. The van der Waals surface area contributed by atoms with E-state index in [0.717, 1.165) is 48.4 Å². The van der Waals surface area contributed by atoms with Gasteiger partial charge >= 0.3 is 0 Å². The van der Waals surface area contributed by atoms with Crippen LogP contribution in [-0.2, 0) is 0 Å². The Labute approximate surface area is 143 Å². The molecule has 0 saturated carbocycles. The van der Waals surface area contributed by atoms with Crippen molar-refractivity contribution in [1.82, 2.24) is 15.2 Å². The first kappa shape index (κ1) is 16.9. The van der Waals surface area contributed by atoms with E-state index in [0.29, 0.717) is 0 Å². The predicted octanol–water partition coefficient (Wildman–Crippen LogP) is 2.50. The van der Waals surface area contributed by atoms with Gasteiger partial charge in [0.1, 0.15) is 11.3 Å². The van der Waals surface area contributed by atoms with Crippen LogP contribution in [0, 0.1) is 0 Å². The molecule has 5 nitrogen and oxygen atoms in total. The van der Waals surface area contributed by atoms with Crippen molar-refractivity contribution in [2.75, 3.05) is 26.2 Å². The van der Waals surface area contributed by atoms with E-state index in [4.69, 9.17) is 4.74 Å². The van der Waals surface area contributed by atoms with Gasteiger partial charge in [-0.25, -0.2) is 0 Å². The lowest BCUT2D eigenvalue weighted by Crippen LogP contribution is -2.50. The van der Waals surface area contributed by atoms with Gasteiger partial charge in [0.2, 0.25) is 0 Å². The average Bonchev–Trinajstić information content (AvgIpc) is 2.61. The monoisotopic (exact) mass is 327 g/mol. The summed E-state index contributed by atoms with van der Waals surface area (Å²) in [5, 5.41) is 4.19. The second kappa shape index (κ2) is 7.28. The van der Waals surface area contributed by atoms with Crippen molar-refractivity contribution >= 4 is 16.7 Å². The van der Waals surface area contributed by atoms with Crippen LogP contribution in [0.2, 0.25) is 0 Å². The summed E-state index contributed by atoms with van der Waals surface area (Å²) in [5.41, 5.74) is 1.48. The number of ether oxygens (including phenoxy) is 1. The lowest BCUT2D eigenvalue weighted by molar-refractivity contribution is 0.0822. The van der Waals surface area contributed by atoms with Gasteiger partial charge in [0.15, 0.2) is 5.78 Å². The largest absolute Gasteiger partial charge is 0.489 e. The van der Waals surface area contributed by atoms with E-state index in [1.807, 2.05) is 45.0 Å². The van der Waals surface area contributed by atoms with Crippen molar-refractivity contribution in [3.8, 4) is 5.75 Å². The van der Waals surface area contributed by atoms with Gasteiger partial charge in [0.05, 0.1) is 12.1 Å².